The number of aliphatic carboxylic acids is 1. The van der Waals surface area contributed by atoms with Crippen LogP contribution in [0.3, 0.4) is 0 Å². The molecule has 1 aromatic rings. The van der Waals surface area contributed by atoms with E-state index >= 15 is 0 Å². The maximum Gasteiger partial charge on any atom is 0.407 e. The van der Waals surface area contributed by atoms with Crippen LogP contribution in [0.15, 0.2) is 24.3 Å². The van der Waals surface area contributed by atoms with E-state index < -0.39 is 18.0 Å². The Morgan fingerprint density at radius 1 is 1.45 bits per heavy atom. The van der Waals surface area contributed by atoms with Crippen LogP contribution in [-0.4, -0.2) is 47.8 Å². The Balaban J connectivity index is 1.76. The minimum absolute atomic E-state index is 0.206. The summed E-state index contributed by atoms with van der Waals surface area (Å²) in [6.45, 7) is 2.17. The van der Waals surface area contributed by atoms with Crippen LogP contribution < -0.4 is 5.32 Å². The number of cyclic esters (lactones) is 1. The van der Waals surface area contributed by atoms with Gasteiger partial charge >= 0.3 is 12.1 Å². The van der Waals surface area contributed by atoms with Gasteiger partial charge in [-0.15, -0.1) is 0 Å². The second-order valence-corrected chi connectivity index (χ2v) is 5.19. The van der Waals surface area contributed by atoms with Gasteiger partial charge in [-0.3, -0.25) is 9.69 Å². The number of carbonyl (C=O) groups excluding carboxylic acids is 1. The number of rotatable bonds is 3. The molecule has 2 unspecified atom stereocenters. The molecule has 1 fully saturated rings. The molecule has 6 heteroatoms. The predicted octanol–water partition coefficient (Wildman–Crippen LogP) is 0.779. The van der Waals surface area contributed by atoms with Crippen LogP contribution in [-0.2, 0) is 16.1 Å². The molecule has 2 N–H and O–H groups in total. The number of carboxylic acids is 1. The van der Waals surface area contributed by atoms with E-state index in [0.717, 1.165) is 11.1 Å². The molecule has 2 aliphatic heterocycles. The topological polar surface area (TPSA) is 78.9 Å². The van der Waals surface area contributed by atoms with Crippen LogP contribution in [0.1, 0.15) is 17.0 Å². The third-order valence-electron chi connectivity index (χ3n) is 3.77. The molecular formula is C14H16N2O4. The van der Waals surface area contributed by atoms with Gasteiger partial charge in [-0.05, 0) is 11.1 Å². The number of hydrogen-bond acceptors (Lipinski definition) is 4. The SMILES string of the molecule is O=C1NCC(CN2Cc3ccccc3C(C(=O)O)C2)O1. The number of nitrogens with zero attached hydrogens (tertiary/aromatic N) is 1. The third kappa shape index (κ3) is 2.46. The van der Waals surface area contributed by atoms with Crippen molar-refractivity contribution in [1.82, 2.24) is 10.2 Å². The first kappa shape index (κ1) is 12.9. The van der Waals surface area contributed by atoms with E-state index in [1.165, 1.54) is 0 Å². The minimum atomic E-state index is -0.816. The molecule has 3 rings (SSSR count). The number of alkyl carbamates (subject to hydrolysis) is 1. The monoisotopic (exact) mass is 276 g/mol. The number of hydrogen-bond donors (Lipinski definition) is 2. The summed E-state index contributed by atoms with van der Waals surface area (Å²) in [6.07, 6.45) is -0.607. The summed E-state index contributed by atoms with van der Waals surface area (Å²) < 4.78 is 5.11. The second-order valence-electron chi connectivity index (χ2n) is 5.19. The number of nitrogens with one attached hydrogen (secondary N) is 1. The molecular weight excluding hydrogens is 260 g/mol. The molecule has 0 radical (unpaired) electrons. The van der Waals surface area contributed by atoms with Gasteiger partial charge in [0.15, 0.2) is 0 Å². The lowest BCUT2D eigenvalue weighted by atomic mass is 9.89. The van der Waals surface area contributed by atoms with Crippen molar-refractivity contribution in [2.45, 2.75) is 18.6 Å². The van der Waals surface area contributed by atoms with Crippen LogP contribution in [0.2, 0.25) is 0 Å². The van der Waals surface area contributed by atoms with Gasteiger partial charge < -0.3 is 15.2 Å². The Morgan fingerprint density at radius 3 is 2.95 bits per heavy atom. The van der Waals surface area contributed by atoms with Crippen LogP contribution in [0, 0.1) is 0 Å². The fourth-order valence-electron chi connectivity index (χ4n) is 2.85. The van der Waals surface area contributed by atoms with E-state index in [9.17, 15) is 14.7 Å². The first-order valence-electron chi connectivity index (χ1n) is 6.61. The zero-order valence-electron chi connectivity index (χ0n) is 10.9. The van der Waals surface area contributed by atoms with Gasteiger partial charge in [0.05, 0.1) is 12.5 Å². The highest BCUT2D eigenvalue weighted by atomic mass is 16.6. The number of carbonyl (C=O) groups is 2. The van der Waals surface area contributed by atoms with Crippen molar-refractivity contribution in [2.75, 3.05) is 19.6 Å². The smallest absolute Gasteiger partial charge is 0.407 e. The molecule has 6 nitrogen and oxygen atoms in total. The van der Waals surface area contributed by atoms with Gasteiger partial charge in [0.2, 0.25) is 0 Å². The van der Waals surface area contributed by atoms with Crippen molar-refractivity contribution >= 4 is 12.1 Å². The van der Waals surface area contributed by atoms with Crippen molar-refractivity contribution in [3.63, 3.8) is 0 Å². The molecule has 0 aromatic heterocycles. The number of ether oxygens (including phenoxy) is 1. The Hall–Kier alpha value is -2.08. The van der Waals surface area contributed by atoms with E-state index in [-0.39, 0.29) is 6.10 Å². The predicted molar refractivity (Wildman–Crippen MR) is 70.4 cm³/mol. The molecule has 2 aliphatic rings. The lowest BCUT2D eigenvalue weighted by molar-refractivity contribution is -0.139. The highest BCUT2D eigenvalue weighted by Crippen LogP contribution is 2.28. The van der Waals surface area contributed by atoms with Crippen molar-refractivity contribution in [1.29, 1.82) is 0 Å². The van der Waals surface area contributed by atoms with Gasteiger partial charge in [0.25, 0.3) is 0 Å². The van der Waals surface area contributed by atoms with E-state index in [0.29, 0.717) is 26.2 Å². The Labute approximate surface area is 116 Å². The van der Waals surface area contributed by atoms with Crippen LogP contribution in [0.4, 0.5) is 4.79 Å². The van der Waals surface area contributed by atoms with Crippen molar-refractivity contribution in [3.8, 4) is 0 Å². The van der Waals surface area contributed by atoms with Gasteiger partial charge in [-0.1, -0.05) is 24.3 Å². The fourth-order valence-corrected chi connectivity index (χ4v) is 2.85. The summed E-state index contributed by atoms with van der Waals surface area (Å²) in [5.41, 5.74) is 1.92. The summed E-state index contributed by atoms with van der Waals surface area (Å²) in [5, 5.41) is 12.0. The molecule has 1 aromatic carbocycles. The molecule has 0 aliphatic carbocycles. The molecule has 106 valence electrons. The molecule has 0 saturated carbocycles. The third-order valence-corrected chi connectivity index (χ3v) is 3.77. The summed E-state index contributed by atoms with van der Waals surface area (Å²) in [4.78, 5) is 24.5. The molecule has 2 atom stereocenters. The molecule has 2 heterocycles. The van der Waals surface area contributed by atoms with Gasteiger partial charge in [0.1, 0.15) is 6.10 Å². The minimum Gasteiger partial charge on any atom is -0.481 e. The number of amides is 1. The lowest BCUT2D eigenvalue weighted by Gasteiger charge is -2.33. The summed E-state index contributed by atoms with van der Waals surface area (Å²) in [7, 11) is 0. The zero-order chi connectivity index (χ0) is 14.1. The second kappa shape index (κ2) is 5.13. The van der Waals surface area contributed by atoms with E-state index in [1.807, 2.05) is 29.2 Å². The zero-order valence-corrected chi connectivity index (χ0v) is 10.9. The normalized spacial score (nSPS) is 25.7. The van der Waals surface area contributed by atoms with Crippen LogP contribution in [0.5, 0.6) is 0 Å². The van der Waals surface area contributed by atoms with Crippen LogP contribution in [0.25, 0.3) is 0 Å². The highest BCUT2D eigenvalue weighted by molar-refractivity contribution is 5.77. The van der Waals surface area contributed by atoms with Crippen molar-refractivity contribution < 1.29 is 19.4 Å². The highest BCUT2D eigenvalue weighted by Gasteiger charge is 2.33. The van der Waals surface area contributed by atoms with Gasteiger partial charge in [0, 0.05) is 19.6 Å². The molecule has 0 spiro atoms. The lowest BCUT2D eigenvalue weighted by Crippen LogP contribution is -2.41. The molecule has 1 amide bonds. The fraction of sp³-hybridized carbons (Fsp3) is 0.429. The Kier molecular flexibility index (Phi) is 3.31. The molecule has 20 heavy (non-hydrogen) atoms. The van der Waals surface area contributed by atoms with Crippen molar-refractivity contribution in [3.05, 3.63) is 35.4 Å². The van der Waals surface area contributed by atoms with E-state index in [4.69, 9.17) is 4.74 Å². The molecule has 1 saturated heterocycles. The largest absolute Gasteiger partial charge is 0.481 e. The molecule has 0 bridgehead atoms. The quantitative estimate of drug-likeness (QED) is 0.853. The van der Waals surface area contributed by atoms with Gasteiger partial charge in [-0.2, -0.15) is 0 Å². The van der Waals surface area contributed by atoms with E-state index in [1.54, 1.807) is 0 Å². The Morgan fingerprint density at radius 2 is 2.25 bits per heavy atom. The number of carboxylic acid groups (broad SMARTS) is 1. The summed E-state index contributed by atoms with van der Waals surface area (Å²) in [6, 6.07) is 7.62. The number of fused-ring (bicyclic) bond motifs is 1. The van der Waals surface area contributed by atoms with E-state index in [2.05, 4.69) is 5.32 Å². The number of benzene rings is 1. The first-order valence-corrected chi connectivity index (χ1v) is 6.61. The standard InChI is InChI=1S/C14H16N2O4/c17-13(18)12-8-16(7-10-5-15-14(19)20-10)6-9-3-1-2-4-11(9)12/h1-4,10,12H,5-8H2,(H,15,19)(H,17,18). The van der Waals surface area contributed by atoms with Crippen molar-refractivity contribution in [2.24, 2.45) is 0 Å². The van der Waals surface area contributed by atoms with Crippen LogP contribution >= 0.6 is 0 Å². The first-order chi connectivity index (χ1) is 9.63. The Bertz CT molecular complexity index is 546. The summed E-state index contributed by atoms with van der Waals surface area (Å²) in [5.74, 6) is -1.34. The average molecular weight is 276 g/mol. The summed E-state index contributed by atoms with van der Waals surface area (Å²) >= 11 is 0. The maximum absolute atomic E-state index is 11.4. The van der Waals surface area contributed by atoms with Gasteiger partial charge in [-0.25, -0.2) is 4.79 Å². The maximum atomic E-state index is 11.4. The average Bonchev–Trinajstić information content (AvgIpc) is 2.83.